The molecular formula is C17H18N4O2S2. The van der Waals surface area contributed by atoms with Gasteiger partial charge in [0.25, 0.3) is 5.91 Å². The molecule has 0 bridgehead atoms. The molecule has 2 heterocycles. The van der Waals surface area contributed by atoms with Crippen molar-refractivity contribution in [3.8, 4) is 16.3 Å². The van der Waals surface area contributed by atoms with Crippen LogP contribution in [-0.4, -0.2) is 28.2 Å². The first-order valence-corrected chi connectivity index (χ1v) is 9.48. The Bertz CT molecular complexity index is 856. The summed E-state index contributed by atoms with van der Waals surface area (Å²) in [4.78, 5) is 16.8. The van der Waals surface area contributed by atoms with E-state index in [1.807, 2.05) is 24.3 Å². The number of hydrogen-bond donors (Lipinski definition) is 1. The molecule has 0 aliphatic heterocycles. The molecule has 25 heavy (non-hydrogen) atoms. The fraction of sp³-hybridized carbons (Fsp3) is 0.294. The molecule has 130 valence electrons. The summed E-state index contributed by atoms with van der Waals surface area (Å²) in [5.41, 5.74) is 1.32. The minimum Gasteiger partial charge on any atom is -0.497 e. The van der Waals surface area contributed by atoms with Crippen LogP contribution in [0, 0.1) is 5.92 Å². The van der Waals surface area contributed by atoms with Crippen LogP contribution in [0.3, 0.4) is 0 Å². The fourth-order valence-electron chi connectivity index (χ4n) is 2.14. The zero-order valence-corrected chi connectivity index (χ0v) is 15.8. The van der Waals surface area contributed by atoms with Gasteiger partial charge in [-0.1, -0.05) is 25.2 Å². The van der Waals surface area contributed by atoms with Crippen molar-refractivity contribution in [2.45, 2.75) is 20.3 Å². The second-order valence-electron chi connectivity index (χ2n) is 5.82. The molecule has 0 saturated carbocycles. The van der Waals surface area contributed by atoms with Gasteiger partial charge in [-0.25, -0.2) is 4.98 Å². The number of nitrogens with one attached hydrogen (secondary N) is 1. The molecular weight excluding hydrogens is 356 g/mol. The summed E-state index contributed by atoms with van der Waals surface area (Å²) in [6, 6.07) is 7.58. The molecule has 1 N–H and O–H groups in total. The van der Waals surface area contributed by atoms with E-state index in [0.29, 0.717) is 16.7 Å². The van der Waals surface area contributed by atoms with Gasteiger partial charge in [-0.05, 0) is 30.2 Å². The minimum absolute atomic E-state index is 0.275. The summed E-state index contributed by atoms with van der Waals surface area (Å²) >= 11 is 2.82. The average molecular weight is 374 g/mol. The summed E-state index contributed by atoms with van der Waals surface area (Å²) in [6.07, 6.45) is 0.853. The SMILES string of the molecule is COc1ccc(-c2nc(C(=O)Nc3nnc(CC(C)C)s3)cs2)cc1. The quantitative estimate of drug-likeness (QED) is 0.702. The van der Waals surface area contributed by atoms with Crippen LogP contribution in [0.25, 0.3) is 10.6 Å². The molecule has 3 rings (SSSR count). The molecule has 0 radical (unpaired) electrons. The predicted octanol–water partition coefficient (Wildman–Crippen LogP) is 4.12. The predicted molar refractivity (Wildman–Crippen MR) is 101 cm³/mol. The Balaban J connectivity index is 1.68. The number of methoxy groups -OCH3 is 1. The van der Waals surface area contributed by atoms with Crippen molar-refractivity contribution in [2.24, 2.45) is 5.92 Å². The van der Waals surface area contributed by atoms with E-state index < -0.39 is 0 Å². The third-order valence-corrected chi connectivity index (χ3v) is 5.10. The molecule has 1 aromatic carbocycles. The molecule has 0 aliphatic rings. The van der Waals surface area contributed by atoms with Crippen LogP contribution < -0.4 is 10.1 Å². The smallest absolute Gasteiger partial charge is 0.276 e. The Labute approximate surface area is 153 Å². The lowest BCUT2D eigenvalue weighted by Gasteiger charge is -2.00. The number of carbonyl (C=O) groups excluding carboxylic acids is 1. The van der Waals surface area contributed by atoms with Crippen LogP contribution in [-0.2, 0) is 6.42 Å². The number of ether oxygens (including phenoxy) is 1. The van der Waals surface area contributed by atoms with Crippen molar-refractivity contribution in [1.29, 1.82) is 0 Å². The number of amides is 1. The number of thiazole rings is 1. The van der Waals surface area contributed by atoms with Gasteiger partial charge >= 0.3 is 0 Å². The van der Waals surface area contributed by atoms with E-state index in [1.54, 1.807) is 12.5 Å². The van der Waals surface area contributed by atoms with E-state index in [1.165, 1.54) is 22.7 Å². The van der Waals surface area contributed by atoms with E-state index in [4.69, 9.17) is 4.74 Å². The van der Waals surface area contributed by atoms with E-state index in [0.717, 1.165) is 27.7 Å². The lowest BCUT2D eigenvalue weighted by molar-refractivity contribution is 0.102. The van der Waals surface area contributed by atoms with E-state index in [2.05, 4.69) is 34.3 Å². The summed E-state index contributed by atoms with van der Waals surface area (Å²) in [5, 5.41) is 14.8. The van der Waals surface area contributed by atoms with Gasteiger partial charge in [0.1, 0.15) is 21.5 Å². The van der Waals surface area contributed by atoms with Gasteiger partial charge in [-0.2, -0.15) is 0 Å². The van der Waals surface area contributed by atoms with Crippen LogP contribution in [0.1, 0.15) is 29.3 Å². The van der Waals surface area contributed by atoms with Gasteiger partial charge in [0.05, 0.1) is 7.11 Å². The molecule has 2 aromatic heterocycles. The Morgan fingerprint density at radius 3 is 2.68 bits per heavy atom. The van der Waals surface area contributed by atoms with Crippen LogP contribution in [0.4, 0.5) is 5.13 Å². The number of benzene rings is 1. The normalized spacial score (nSPS) is 10.9. The lowest BCUT2D eigenvalue weighted by Crippen LogP contribution is -2.12. The van der Waals surface area contributed by atoms with Crippen molar-refractivity contribution in [3.63, 3.8) is 0 Å². The molecule has 3 aromatic rings. The Kier molecular flexibility index (Phi) is 5.40. The van der Waals surface area contributed by atoms with Crippen LogP contribution in [0.2, 0.25) is 0 Å². The van der Waals surface area contributed by atoms with Crippen molar-refractivity contribution in [2.75, 3.05) is 12.4 Å². The van der Waals surface area contributed by atoms with Crippen LogP contribution >= 0.6 is 22.7 Å². The highest BCUT2D eigenvalue weighted by atomic mass is 32.1. The van der Waals surface area contributed by atoms with E-state index >= 15 is 0 Å². The minimum atomic E-state index is -0.275. The zero-order chi connectivity index (χ0) is 17.8. The highest BCUT2D eigenvalue weighted by Crippen LogP contribution is 2.26. The second-order valence-corrected chi connectivity index (χ2v) is 7.74. The van der Waals surface area contributed by atoms with E-state index in [9.17, 15) is 4.79 Å². The van der Waals surface area contributed by atoms with Crippen molar-refractivity contribution >= 4 is 33.7 Å². The first kappa shape index (κ1) is 17.5. The van der Waals surface area contributed by atoms with Gasteiger partial charge in [-0.15, -0.1) is 21.5 Å². The fourth-order valence-corrected chi connectivity index (χ4v) is 3.89. The Morgan fingerprint density at radius 1 is 1.24 bits per heavy atom. The molecule has 0 saturated heterocycles. The van der Waals surface area contributed by atoms with E-state index in [-0.39, 0.29) is 5.91 Å². The average Bonchev–Trinajstić information content (AvgIpc) is 3.24. The second kappa shape index (κ2) is 7.71. The van der Waals surface area contributed by atoms with Gasteiger partial charge in [0, 0.05) is 17.4 Å². The number of hydrogen-bond acceptors (Lipinski definition) is 7. The van der Waals surface area contributed by atoms with Crippen molar-refractivity contribution < 1.29 is 9.53 Å². The van der Waals surface area contributed by atoms with Crippen LogP contribution in [0.5, 0.6) is 5.75 Å². The van der Waals surface area contributed by atoms with Gasteiger partial charge in [-0.3, -0.25) is 10.1 Å². The lowest BCUT2D eigenvalue weighted by atomic mass is 10.1. The zero-order valence-electron chi connectivity index (χ0n) is 14.1. The number of anilines is 1. The summed E-state index contributed by atoms with van der Waals surface area (Å²) in [5.74, 6) is 1.01. The molecule has 0 aliphatic carbocycles. The van der Waals surface area contributed by atoms with Crippen molar-refractivity contribution in [1.82, 2.24) is 15.2 Å². The molecule has 0 atom stereocenters. The topological polar surface area (TPSA) is 77.0 Å². The van der Waals surface area contributed by atoms with Gasteiger partial charge < -0.3 is 4.74 Å². The largest absolute Gasteiger partial charge is 0.497 e. The number of rotatable bonds is 6. The Morgan fingerprint density at radius 2 is 2.00 bits per heavy atom. The summed E-state index contributed by atoms with van der Waals surface area (Å²) in [7, 11) is 1.63. The molecule has 6 nitrogen and oxygen atoms in total. The third kappa shape index (κ3) is 4.40. The third-order valence-electron chi connectivity index (χ3n) is 3.34. The molecule has 8 heteroatoms. The first-order chi connectivity index (χ1) is 12.0. The molecule has 0 spiro atoms. The molecule has 1 amide bonds. The highest BCUT2D eigenvalue weighted by Gasteiger charge is 2.15. The van der Waals surface area contributed by atoms with Gasteiger partial charge in [0.15, 0.2) is 0 Å². The summed E-state index contributed by atoms with van der Waals surface area (Å²) in [6.45, 7) is 4.24. The maximum Gasteiger partial charge on any atom is 0.276 e. The van der Waals surface area contributed by atoms with Gasteiger partial charge in [0.2, 0.25) is 5.13 Å². The monoisotopic (exact) mass is 374 g/mol. The summed E-state index contributed by atoms with van der Waals surface area (Å²) < 4.78 is 5.15. The number of aromatic nitrogens is 3. The number of nitrogens with zero attached hydrogens (tertiary/aromatic N) is 3. The first-order valence-electron chi connectivity index (χ1n) is 7.79. The molecule has 0 fully saturated rings. The van der Waals surface area contributed by atoms with Crippen molar-refractivity contribution in [3.05, 3.63) is 40.3 Å². The standard InChI is InChI=1S/C17H18N4O2S2/c1-10(2)8-14-20-21-17(25-14)19-15(22)13-9-24-16(18-13)11-4-6-12(23-3)7-5-11/h4-7,9-10H,8H2,1-3H3,(H,19,21,22). The van der Waals surface area contributed by atoms with Crippen LogP contribution in [0.15, 0.2) is 29.6 Å². The number of carbonyl (C=O) groups is 1. The maximum atomic E-state index is 12.3. The molecule has 0 unspecified atom stereocenters. The highest BCUT2D eigenvalue weighted by molar-refractivity contribution is 7.15. The maximum absolute atomic E-state index is 12.3. The Hall–Kier alpha value is -2.32.